The van der Waals surface area contributed by atoms with Crippen molar-refractivity contribution in [1.29, 1.82) is 0 Å². The smallest absolute Gasteiger partial charge is 0.272 e. The molecule has 0 aliphatic carbocycles. The predicted octanol–water partition coefficient (Wildman–Crippen LogP) is 3.76. The lowest BCUT2D eigenvalue weighted by atomic mass is 9.99. The number of piperidine rings is 1. The van der Waals surface area contributed by atoms with Gasteiger partial charge < -0.3 is 10.2 Å². The van der Waals surface area contributed by atoms with E-state index in [-0.39, 0.29) is 17.8 Å². The van der Waals surface area contributed by atoms with E-state index in [1.807, 2.05) is 4.90 Å². The standard InChI is InChI=1S/C18H21FN4O/c1-2-15-8-3-4-9-23(15)18(24)16-11-17(21-12-20-16)22-14-7-5-6-13(19)10-14/h5-7,10-12,15H,2-4,8-9H2,1H3,(H,20,21,22). The number of hydrogen-bond donors (Lipinski definition) is 1. The molecule has 0 bridgehead atoms. The van der Waals surface area contributed by atoms with Gasteiger partial charge in [-0.1, -0.05) is 13.0 Å². The van der Waals surface area contributed by atoms with E-state index in [9.17, 15) is 9.18 Å². The van der Waals surface area contributed by atoms with Gasteiger partial charge in [0, 0.05) is 24.3 Å². The van der Waals surface area contributed by atoms with Gasteiger partial charge in [-0.15, -0.1) is 0 Å². The normalized spacial score (nSPS) is 17.6. The number of nitrogens with zero attached hydrogens (tertiary/aromatic N) is 3. The zero-order valence-corrected chi connectivity index (χ0v) is 13.7. The van der Waals surface area contributed by atoms with Crippen LogP contribution in [0.4, 0.5) is 15.9 Å². The van der Waals surface area contributed by atoms with Crippen molar-refractivity contribution in [3.63, 3.8) is 0 Å². The summed E-state index contributed by atoms with van der Waals surface area (Å²) >= 11 is 0. The molecular formula is C18H21FN4O. The van der Waals surface area contributed by atoms with Gasteiger partial charge in [0.05, 0.1) is 0 Å². The van der Waals surface area contributed by atoms with Crippen molar-refractivity contribution in [3.05, 3.63) is 48.2 Å². The molecule has 1 unspecified atom stereocenters. The highest BCUT2D eigenvalue weighted by molar-refractivity contribution is 5.93. The molecule has 2 heterocycles. The summed E-state index contributed by atoms with van der Waals surface area (Å²) in [5, 5.41) is 3.01. The number of rotatable bonds is 4. The minimum absolute atomic E-state index is 0.0637. The van der Waals surface area contributed by atoms with E-state index < -0.39 is 0 Å². The van der Waals surface area contributed by atoms with Crippen LogP contribution in [-0.2, 0) is 0 Å². The Balaban J connectivity index is 1.78. The molecule has 1 saturated heterocycles. The highest BCUT2D eigenvalue weighted by atomic mass is 19.1. The van der Waals surface area contributed by atoms with E-state index in [1.54, 1.807) is 18.2 Å². The third kappa shape index (κ3) is 3.69. The van der Waals surface area contributed by atoms with Gasteiger partial charge in [0.25, 0.3) is 5.91 Å². The van der Waals surface area contributed by atoms with Gasteiger partial charge in [-0.2, -0.15) is 0 Å². The molecule has 1 fully saturated rings. The second kappa shape index (κ2) is 7.38. The Hall–Kier alpha value is -2.50. The number of amides is 1. The summed E-state index contributed by atoms with van der Waals surface area (Å²) in [5.74, 6) is 0.0831. The van der Waals surface area contributed by atoms with E-state index in [1.165, 1.54) is 24.9 Å². The lowest BCUT2D eigenvalue weighted by Crippen LogP contribution is -2.43. The first-order chi connectivity index (χ1) is 11.7. The largest absolute Gasteiger partial charge is 0.340 e. The Morgan fingerprint density at radius 2 is 2.21 bits per heavy atom. The summed E-state index contributed by atoms with van der Waals surface area (Å²) in [5.41, 5.74) is 0.945. The maximum Gasteiger partial charge on any atom is 0.272 e. The molecule has 0 radical (unpaired) electrons. The summed E-state index contributed by atoms with van der Waals surface area (Å²) in [6.07, 6.45) is 5.55. The first-order valence-corrected chi connectivity index (χ1v) is 8.33. The van der Waals surface area contributed by atoms with Crippen LogP contribution in [0.25, 0.3) is 0 Å². The summed E-state index contributed by atoms with van der Waals surface area (Å²) in [7, 11) is 0. The van der Waals surface area contributed by atoms with E-state index in [4.69, 9.17) is 0 Å². The molecule has 126 valence electrons. The maximum absolute atomic E-state index is 13.3. The van der Waals surface area contributed by atoms with Crippen LogP contribution in [0.3, 0.4) is 0 Å². The van der Waals surface area contributed by atoms with Crippen molar-refractivity contribution in [1.82, 2.24) is 14.9 Å². The molecule has 1 aromatic heterocycles. The molecule has 1 aromatic carbocycles. The minimum atomic E-state index is -0.329. The average Bonchev–Trinajstić information content (AvgIpc) is 2.61. The second-order valence-corrected chi connectivity index (χ2v) is 5.98. The van der Waals surface area contributed by atoms with Crippen molar-refractivity contribution in [2.45, 2.75) is 38.6 Å². The third-order valence-corrected chi connectivity index (χ3v) is 4.34. The average molecular weight is 328 g/mol. The molecule has 1 amide bonds. The van der Waals surface area contributed by atoms with Gasteiger partial charge in [0.1, 0.15) is 23.7 Å². The predicted molar refractivity (Wildman–Crippen MR) is 90.7 cm³/mol. The van der Waals surface area contributed by atoms with Crippen LogP contribution < -0.4 is 5.32 Å². The quantitative estimate of drug-likeness (QED) is 0.928. The van der Waals surface area contributed by atoms with Crippen molar-refractivity contribution in [2.75, 3.05) is 11.9 Å². The maximum atomic E-state index is 13.3. The fourth-order valence-corrected chi connectivity index (χ4v) is 3.10. The number of carbonyl (C=O) groups is 1. The zero-order valence-electron chi connectivity index (χ0n) is 13.7. The number of likely N-dealkylation sites (tertiary alicyclic amines) is 1. The van der Waals surface area contributed by atoms with E-state index in [2.05, 4.69) is 22.2 Å². The molecular weight excluding hydrogens is 307 g/mol. The Kier molecular flexibility index (Phi) is 5.03. The number of halogens is 1. The second-order valence-electron chi connectivity index (χ2n) is 5.98. The molecule has 1 N–H and O–H groups in total. The molecule has 1 aliphatic heterocycles. The molecule has 1 aliphatic rings. The van der Waals surface area contributed by atoms with Gasteiger partial charge in [-0.3, -0.25) is 4.79 Å². The first kappa shape index (κ1) is 16.4. The molecule has 2 aromatic rings. The summed E-state index contributed by atoms with van der Waals surface area (Å²) in [6.45, 7) is 2.88. The van der Waals surface area contributed by atoms with Gasteiger partial charge in [0.2, 0.25) is 0 Å². The van der Waals surface area contributed by atoms with Crippen LogP contribution in [0.2, 0.25) is 0 Å². The molecule has 5 nitrogen and oxygen atoms in total. The zero-order chi connectivity index (χ0) is 16.9. The Labute approximate surface area is 140 Å². The molecule has 0 saturated carbocycles. The number of benzene rings is 1. The summed E-state index contributed by atoms with van der Waals surface area (Å²) in [6, 6.07) is 8.01. The molecule has 3 rings (SSSR count). The lowest BCUT2D eigenvalue weighted by molar-refractivity contribution is 0.0602. The van der Waals surface area contributed by atoms with Gasteiger partial charge in [-0.05, 0) is 43.9 Å². The van der Waals surface area contributed by atoms with Crippen molar-refractivity contribution in [3.8, 4) is 0 Å². The minimum Gasteiger partial charge on any atom is -0.340 e. The lowest BCUT2D eigenvalue weighted by Gasteiger charge is -2.35. The van der Waals surface area contributed by atoms with Crippen LogP contribution in [-0.4, -0.2) is 33.4 Å². The SMILES string of the molecule is CCC1CCCCN1C(=O)c1cc(Nc2cccc(F)c2)ncn1. The fraction of sp³-hybridized carbons (Fsp3) is 0.389. The molecule has 1 atom stereocenters. The molecule has 24 heavy (non-hydrogen) atoms. The van der Waals surface area contributed by atoms with Crippen molar-refractivity contribution in [2.24, 2.45) is 0 Å². The van der Waals surface area contributed by atoms with Gasteiger partial charge in [-0.25, -0.2) is 14.4 Å². The number of nitrogens with one attached hydrogen (secondary N) is 1. The first-order valence-electron chi connectivity index (χ1n) is 8.33. The van der Waals surface area contributed by atoms with Gasteiger partial charge in [0.15, 0.2) is 0 Å². The summed E-state index contributed by atoms with van der Waals surface area (Å²) < 4.78 is 13.3. The topological polar surface area (TPSA) is 58.1 Å². The highest BCUT2D eigenvalue weighted by Gasteiger charge is 2.27. The third-order valence-electron chi connectivity index (χ3n) is 4.34. The molecule has 6 heteroatoms. The van der Waals surface area contributed by atoms with Crippen LogP contribution in [0.1, 0.15) is 43.1 Å². The number of carbonyl (C=O) groups excluding carboxylic acids is 1. The Morgan fingerprint density at radius 3 is 3.00 bits per heavy atom. The monoisotopic (exact) mass is 328 g/mol. The van der Waals surface area contributed by atoms with Crippen molar-refractivity contribution >= 4 is 17.4 Å². The van der Waals surface area contributed by atoms with Crippen LogP contribution in [0.15, 0.2) is 36.7 Å². The number of aromatic nitrogens is 2. The van der Waals surface area contributed by atoms with Crippen LogP contribution in [0.5, 0.6) is 0 Å². The van der Waals surface area contributed by atoms with Crippen LogP contribution >= 0.6 is 0 Å². The highest BCUT2D eigenvalue weighted by Crippen LogP contribution is 2.22. The fourth-order valence-electron chi connectivity index (χ4n) is 3.10. The van der Waals surface area contributed by atoms with Crippen LogP contribution in [0, 0.1) is 5.82 Å². The Bertz CT molecular complexity index is 722. The number of hydrogen-bond acceptors (Lipinski definition) is 4. The van der Waals surface area contributed by atoms with E-state index in [0.717, 1.165) is 25.8 Å². The summed E-state index contributed by atoms with van der Waals surface area (Å²) in [4.78, 5) is 22.9. The van der Waals surface area contributed by atoms with Crippen molar-refractivity contribution < 1.29 is 9.18 Å². The number of anilines is 2. The van der Waals surface area contributed by atoms with Gasteiger partial charge >= 0.3 is 0 Å². The Morgan fingerprint density at radius 1 is 1.33 bits per heavy atom. The van der Waals surface area contributed by atoms with E-state index in [0.29, 0.717) is 17.2 Å². The molecule has 0 spiro atoms. The van der Waals surface area contributed by atoms with E-state index >= 15 is 0 Å².